The maximum absolute atomic E-state index is 13.4. The molecule has 0 unspecified atom stereocenters. The van der Waals surface area contributed by atoms with Crippen LogP contribution in [0.5, 0.6) is 11.5 Å². The van der Waals surface area contributed by atoms with Crippen LogP contribution in [0.15, 0.2) is 59.9 Å². The maximum Gasteiger partial charge on any atom is 0.416 e. The first-order chi connectivity index (χ1) is 17.0. The third-order valence-corrected chi connectivity index (χ3v) is 7.34. The Kier molecular flexibility index (Phi) is 7.10. The minimum atomic E-state index is -4.54. The molecule has 2 aromatic carbocycles. The second kappa shape index (κ2) is 9.94. The number of fused-ring (bicyclic) bond motifs is 1. The highest BCUT2D eigenvalue weighted by atomic mass is 32.2. The average molecular weight is 524 g/mol. The first-order valence-electron chi connectivity index (χ1n) is 10.9. The number of benzene rings is 2. The number of nitrogens with zero attached hydrogens (tertiary/aromatic N) is 2. The van der Waals surface area contributed by atoms with Crippen molar-refractivity contribution in [2.45, 2.75) is 29.8 Å². The molecule has 0 amide bonds. The summed E-state index contributed by atoms with van der Waals surface area (Å²) >= 11 is 0. The van der Waals surface area contributed by atoms with Crippen molar-refractivity contribution < 1.29 is 35.8 Å². The SMILES string of the molecule is COCCOc1cc(C(F)(F)F)ccc1[C@]1(C)CCOc2cc(S(=O)(=O)Nc3ccncn3)ccc21. The molecular formula is C24H24F3N3O5S. The van der Waals surface area contributed by atoms with Crippen molar-refractivity contribution in [1.29, 1.82) is 0 Å². The first-order valence-corrected chi connectivity index (χ1v) is 12.4. The monoisotopic (exact) mass is 523 g/mol. The van der Waals surface area contributed by atoms with Crippen molar-refractivity contribution in [1.82, 2.24) is 9.97 Å². The minimum absolute atomic E-state index is 0.0481. The van der Waals surface area contributed by atoms with E-state index in [0.717, 1.165) is 12.1 Å². The summed E-state index contributed by atoms with van der Waals surface area (Å²) < 4.78 is 84.8. The summed E-state index contributed by atoms with van der Waals surface area (Å²) in [7, 11) is -2.51. The molecule has 0 fully saturated rings. The molecule has 1 aromatic heterocycles. The predicted octanol–water partition coefficient (Wildman–Crippen LogP) is 4.41. The Bertz CT molecular complexity index is 1340. The van der Waals surface area contributed by atoms with E-state index in [1.165, 1.54) is 43.9 Å². The van der Waals surface area contributed by atoms with Gasteiger partial charge < -0.3 is 14.2 Å². The zero-order chi connectivity index (χ0) is 26.0. The van der Waals surface area contributed by atoms with Crippen LogP contribution in [0.4, 0.5) is 19.0 Å². The van der Waals surface area contributed by atoms with Crippen LogP contribution in [-0.2, 0) is 26.4 Å². The van der Waals surface area contributed by atoms with E-state index in [2.05, 4.69) is 14.7 Å². The summed E-state index contributed by atoms with van der Waals surface area (Å²) in [5, 5.41) is 0. The number of anilines is 1. The van der Waals surface area contributed by atoms with Crippen LogP contribution >= 0.6 is 0 Å². The lowest BCUT2D eigenvalue weighted by Crippen LogP contribution is -2.32. The number of hydrogen-bond acceptors (Lipinski definition) is 7. The Hall–Kier alpha value is -3.38. The number of ether oxygens (including phenoxy) is 3. The fourth-order valence-corrected chi connectivity index (χ4v) is 5.10. The van der Waals surface area contributed by atoms with E-state index >= 15 is 0 Å². The van der Waals surface area contributed by atoms with Crippen molar-refractivity contribution in [3.05, 3.63) is 71.7 Å². The minimum Gasteiger partial charge on any atom is -0.493 e. The van der Waals surface area contributed by atoms with Crippen LogP contribution < -0.4 is 14.2 Å². The lowest BCUT2D eigenvalue weighted by Gasteiger charge is -2.37. The molecule has 2 heterocycles. The van der Waals surface area contributed by atoms with Gasteiger partial charge in [-0.15, -0.1) is 0 Å². The van der Waals surface area contributed by atoms with Crippen molar-refractivity contribution in [2.75, 3.05) is 31.7 Å². The first kappa shape index (κ1) is 25.7. The number of hydrogen-bond donors (Lipinski definition) is 1. The van der Waals surface area contributed by atoms with E-state index in [-0.39, 0.29) is 36.3 Å². The fourth-order valence-electron chi connectivity index (χ4n) is 4.08. The molecule has 1 aliphatic heterocycles. The summed E-state index contributed by atoms with van der Waals surface area (Å²) in [5.74, 6) is 0.507. The number of halogens is 3. The zero-order valence-electron chi connectivity index (χ0n) is 19.5. The lowest BCUT2D eigenvalue weighted by molar-refractivity contribution is -0.137. The lowest BCUT2D eigenvalue weighted by atomic mass is 9.72. The summed E-state index contributed by atoms with van der Waals surface area (Å²) in [4.78, 5) is 7.58. The van der Waals surface area contributed by atoms with E-state index in [9.17, 15) is 21.6 Å². The van der Waals surface area contributed by atoms with Crippen LogP contribution in [0.1, 0.15) is 30.0 Å². The zero-order valence-corrected chi connectivity index (χ0v) is 20.3. The van der Waals surface area contributed by atoms with Crippen molar-refractivity contribution >= 4 is 15.8 Å². The van der Waals surface area contributed by atoms with Crippen LogP contribution in [0.3, 0.4) is 0 Å². The van der Waals surface area contributed by atoms with Crippen molar-refractivity contribution in [2.24, 2.45) is 0 Å². The normalized spacial score (nSPS) is 17.7. The quantitative estimate of drug-likeness (QED) is 0.437. The van der Waals surface area contributed by atoms with Gasteiger partial charge in [-0.25, -0.2) is 18.4 Å². The largest absolute Gasteiger partial charge is 0.493 e. The number of nitrogens with one attached hydrogen (secondary N) is 1. The third kappa shape index (κ3) is 5.24. The van der Waals surface area contributed by atoms with Crippen LogP contribution in [0.2, 0.25) is 0 Å². The second-order valence-electron chi connectivity index (χ2n) is 8.34. The van der Waals surface area contributed by atoms with Gasteiger partial charge in [-0.3, -0.25) is 4.72 Å². The fraction of sp³-hybridized carbons (Fsp3) is 0.333. The topological polar surface area (TPSA) is 99.6 Å². The molecule has 192 valence electrons. The van der Waals surface area contributed by atoms with Gasteiger partial charge in [-0.2, -0.15) is 13.2 Å². The number of methoxy groups -OCH3 is 1. The Morgan fingerprint density at radius 1 is 1.11 bits per heavy atom. The highest BCUT2D eigenvalue weighted by Crippen LogP contribution is 2.48. The number of rotatable bonds is 8. The summed E-state index contributed by atoms with van der Waals surface area (Å²) in [5.41, 5.74) is -0.466. The van der Waals surface area contributed by atoms with Gasteiger partial charge in [0.05, 0.1) is 23.7 Å². The van der Waals surface area contributed by atoms with Gasteiger partial charge in [0.25, 0.3) is 10.0 Å². The van der Waals surface area contributed by atoms with Gasteiger partial charge in [0.1, 0.15) is 30.3 Å². The van der Waals surface area contributed by atoms with Crippen LogP contribution in [0, 0.1) is 0 Å². The maximum atomic E-state index is 13.4. The smallest absolute Gasteiger partial charge is 0.416 e. The molecule has 0 saturated carbocycles. The summed E-state index contributed by atoms with van der Waals surface area (Å²) in [6.45, 7) is 2.36. The van der Waals surface area contributed by atoms with E-state index in [4.69, 9.17) is 14.2 Å². The number of sulfonamides is 1. The van der Waals surface area contributed by atoms with E-state index < -0.39 is 27.2 Å². The van der Waals surface area contributed by atoms with Gasteiger partial charge >= 0.3 is 6.18 Å². The molecule has 1 aliphatic rings. The second-order valence-corrected chi connectivity index (χ2v) is 10.0. The van der Waals surface area contributed by atoms with Crippen molar-refractivity contribution in [3.63, 3.8) is 0 Å². The molecule has 4 rings (SSSR count). The molecule has 1 atom stereocenters. The van der Waals surface area contributed by atoms with E-state index in [0.29, 0.717) is 23.3 Å². The standard InChI is InChI=1S/C24H24F3N3O5S/c1-23(18-5-3-16(24(25,26)27)13-20(18)35-12-11-33-2)8-10-34-21-14-17(4-6-19(21)23)36(31,32)30-22-7-9-28-15-29-22/h3-7,9,13-15H,8,10-12H2,1-2H3,(H,28,29,30)/t23-/m0/s1. The molecule has 12 heteroatoms. The van der Waals surface area contributed by atoms with Gasteiger partial charge in [0, 0.05) is 35.9 Å². The Morgan fingerprint density at radius 3 is 2.58 bits per heavy atom. The molecule has 0 saturated heterocycles. The molecular weight excluding hydrogens is 499 g/mol. The molecule has 0 radical (unpaired) electrons. The van der Waals surface area contributed by atoms with E-state index in [1.54, 1.807) is 6.07 Å². The molecule has 3 aromatic rings. The van der Waals surface area contributed by atoms with Crippen LogP contribution in [0.25, 0.3) is 0 Å². The summed E-state index contributed by atoms with van der Waals surface area (Å²) in [6.07, 6.45) is -1.47. The molecule has 0 aliphatic carbocycles. The Balaban J connectivity index is 1.74. The average Bonchev–Trinajstić information content (AvgIpc) is 2.84. The molecule has 0 bridgehead atoms. The predicted molar refractivity (Wildman–Crippen MR) is 125 cm³/mol. The highest BCUT2D eigenvalue weighted by molar-refractivity contribution is 7.92. The highest BCUT2D eigenvalue weighted by Gasteiger charge is 2.40. The van der Waals surface area contributed by atoms with Gasteiger partial charge in [-0.1, -0.05) is 19.1 Å². The number of alkyl halides is 3. The summed E-state index contributed by atoms with van der Waals surface area (Å²) in [6, 6.07) is 9.25. The van der Waals surface area contributed by atoms with Gasteiger partial charge in [0.15, 0.2) is 0 Å². The molecule has 1 N–H and O–H groups in total. The van der Waals surface area contributed by atoms with E-state index in [1.807, 2.05) is 6.92 Å². The van der Waals surface area contributed by atoms with Crippen LogP contribution in [-0.4, -0.2) is 45.3 Å². The van der Waals surface area contributed by atoms with Gasteiger partial charge in [0.2, 0.25) is 0 Å². The Labute approximate surface area is 206 Å². The third-order valence-electron chi connectivity index (χ3n) is 5.99. The van der Waals surface area contributed by atoms with Crippen molar-refractivity contribution in [3.8, 4) is 11.5 Å². The molecule has 36 heavy (non-hydrogen) atoms. The Morgan fingerprint density at radius 2 is 1.89 bits per heavy atom. The molecule has 8 nitrogen and oxygen atoms in total. The molecule has 0 spiro atoms. The van der Waals surface area contributed by atoms with Gasteiger partial charge in [-0.05, 0) is 30.7 Å². The number of aromatic nitrogens is 2.